The first kappa shape index (κ1) is 11.5. The van der Waals surface area contributed by atoms with Crippen molar-refractivity contribution in [1.82, 2.24) is 9.97 Å². The molecular weight excluding hydrogens is 238 g/mol. The van der Waals surface area contributed by atoms with Crippen LogP contribution in [0.2, 0.25) is 0 Å². The van der Waals surface area contributed by atoms with Crippen molar-refractivity contribution in [1.29, 1.82) is 0 Å². The summed E-state index contributed by atoms with van der Waals surface area (Å²) in [7, 11) is 0. The van der Waals surface area contributed by atoms with Gasteiger partial charge in [-0.15, -0.1) is 22.7 Å². The quantitative estimate of drug-likeness (QED) is 0.888. The number of nitrogens with one attached hydrogen (secondary N) is 1. The van der Waals surface area contributed by atoms with Crippen LogP contribution in [-0.2, 0) is 19.4 Å². The first-order chi connectivity index (χ1) is 7.81. The number of rotatable bonds is 5. The summed E-state index contributed by atoms with van der Waals surface area (Å²) in [6.45, 7) is 5.10. The average Bonchev–Trinajstić information content (AvgIpc) is 2.95. The Morgan fingerprint density at radius 2 is 1.88 bits per heavy atom. The summed E-state index contributed by atoms with van der Waals surface area (Å²) in [6.07, 6.45) is 5.96. The first-order valence-electron chi connectivity index (χ1n) is 5.44. The lowest BCUT2D eigenvalue weighted by molar-refractivity contribution is 1.09. The average molecular weight is 253 g/mol. The number of hydrogen-bond acceptors (Lipinski definition) is 5. The molecule has 86 valence electrons. The second-order valence-corrected chi connectivity index (χ2v) is 5.73. The van der Waals surface area contributed by atoms with Crippen LogP contribution in [0.25, 0.3) is 0 Å². The maximum absolute atomic E-state index is 4.33. The highest BCUT2D eigenvalue weighted by Crippen LogP contribution is 2.20. The van der Waals surface area contributed by atoms with Gasteiger partial charge in [0.2, 0.25) is 0 Å². The Labute approximate surface area is 104 Å². The normalized spacial score (nSPS) is 10.6. The molecule has 3 nitrogen and oxygen atoms in total. The van der Waals surface area contributed by atoms with Crippen LogP contribution in [0.3, 0.4) is 0 Å². The molecule has 0 aliphatic heterocycles. The molecule has 2 aromatic rings. The summed E-state index contributed by atoms with van der Waals surface area (Å²) in [5.74, 6) is 0. The zero-order valence-corrected chi connectivity index (χ0v) is 11.1. The van der Waals surface area contributed by atoms with E-state index in [1.165, 1.54) is 14.8 Å². The van der Waals surface area contributed by atoms with Crippen molar-refractivity contribution in [3.05, 3.63) is 27.2 Å². The maximum Gasteiger partial charge on any atom is 0.183 e. The number of aromatic nitrogens is 2. The number of anilines is 1. The Bertz CT molecular complexity index is 405. The Hall–Kier alpha value is -0.940. The zero-order chi connectivity index (χ0) is 11.4. The van der Waals surface area contributed by atoms with E-state index >= 15 is 0 Å². The van der Waals surface area contributed by atoms with Crippen molar-refractivity contribution in [2.24, 2.45) is 0 Å². The predicted molar refractivity (Wildman–Crippen MR) is 70.3 cm³/mol. The minimum absolute atomic E-state index is 0.828. The van der Waals surface area contributed by atoms with E-state index in [9.17, 15) is 0 Å². The third kappa shape index (κ3) is 2.80. The topological polar surface area (TPSA) is 37.8 Å². The summed E-state index contributed by atoms with van der Waals surface area (Å²) in [4.78, 5) is 11.2. The van der Waals surface area contributed by atoms with E-state index in [0.717, 1.165) is 24.5 Å². The molecule has 0 atom stereocenters. The molecule has 0 bridgehead atoms. The van der Waals surface area contributed by atoms with Crippen LogP contribution in [0.5, 0.6) is 0 Å². The molecule has 2 heterocycles. The highest BCUT2D eigenvalue weighted by Gasteiger charge is 2.02. The van der Waals surface area contributed by atoms with Gasteiger partial charge in [0.25, 0.3) is 0 Å². The second-order valence-electron chi connectivity index (χ2n) is 3.41. The molecule has 0 unspecified atom stereocenters. The molecule has 2 aromatic heterocycles. The van der Waals surface area contributed by atoms with Gasteiger partial charge >= 0.3 is 0 Å². The summed E-state index contributed by atoms with van der Waals surface area (Å²) < 4.78 is 0. The molecular formula is C11H15N3S2. The highest BCUT2D eigenvalue weighted by molar-refractivity contribution is 7.15. The number of aryl methyl sites for hydroxylation is 2. The van der Waals surface area contributed by atoms with Crippen molar-refractivity contribution in [2.75, 3.05) is 5.32 Å². The number of nitrogens with zero attached hydrogens (tertiary/aromatic N) is 2. The van der Waals surface area contributed by atoms with Crippen LogP contribution >= 0.6 is 22.7 Å². The van der Waals surface area contributed by atoms with E-state index < -0.39 is 0 Å². The van der Waals surface area contributed by atoms with E-state index in [1.807, 2.05) is 12.4 Å². The predicted octanol–water partition coefficient (Wildman–Crippen LogP) is 3.34. The van der Waals surface area contributed by atoms with Crippen molar-refractivity contribution in [3.8, 4) is 0 Å². The monoisotopic (exact) mass is 253 g/mol. The molecule has 16 heavy (non-hydrogen) atoms. The summed E-state index contributed by atoms with van der Waals surface area (Å²) in [5.41, 5.74) is 0. The largest absolute Gasteiger partial charge is 0.357 e. The fraction of sp³-hybridized carbons (Fsp3) is 0.455. The fourth-order valence-electron chi connectivity index (χ4n) is 1.31. The van der Waals surface area contributed by atoms with Gasteiger partial charge in [0, 0.05) is 22.1 Å². The van der Waals surface area contributed by atoms with Crippen molar-refractivity contribution in [3.63, 3.8) is 0 Å². The zero-order valence-electron chi connectivity index (χ0n) is 9.49. The summed E-state index contributed by atoms with van der Waals surface area (Å²) >= 11 is 3.49. The van der Waals surface area contributed by atoms with Gasteiger partial charge in [0.15, 0.2) is 5.13 Å². The van der Waals surface area contributed by atoms with Gasteiger partial charge in [0.1, 0.15) is 0 Å². The summed E-state index contributed by atoms with van der Waals surface area (Å²) in [5, 5.41) is 5.53. The fourth-order valence-corrected chi connectivity index (χ4v) is 2.86. The lowest BCUT2D eigenvalue weighted by Gasteiger charge is -1.97. The molecule has 5 heteroatoms. The van der Waals surface area contributed by atoms with Gasteiger partial charge < -0.3 is 5.32 Å². The smallest absolute Gasteiger partial charge is 0.183 e. The van der Waals surface area contributed by atoms with E-state index in [4.69, 9.17) is 0 Å². The summed E-state index contributed by atoms with van der Waals surface area (Å²) in [6, 6.07) is 0. The number of hydrogen-bond donors (Lipinski definition) is 1. The molecule has 2 rings (SSSR count). The van der Waals surface area contributed by atoms with Gasteiger partial charge in [0.05, 0.1) is 11.6 Å². The van der Waals surface area contributed by atoms with Crippen LogP contribution in [0.15, 0.2) is 12.4 Å². The molecule has 0 aliphatic carbocycles. The van der Waals surface area contributed by atoms with Crippen LogP contribution in [0, 0.1) is 0 Å². The van der Waals surface area contributed by atoms with Crippen molar-refractivity contribution in [2.45, 2.75) is 33.2 Å². The lowest BCUT2D eigenvalue weighted by Crippen LogP contribution is -1.95. The molecule has 0 spiro atoms. The van der Waals surface area contributed by atoms with Gasteiger partial charge in [-0.3, -0.25) is 0 Å². The first-order valence-corrected chi connectivity index (χ1v) is 7.07. The van der Waals surface area contributed by atoms with E-state index in [1.54, 1.807) is 22.7 Å². The second kappa shape index (κ2) is 5.41. The Balaban J connectivity index is 1.91. The molecule has 0 saturated carbocycles. The van der Waals surface area contributed by atoms with Crippen LogP contribution in [-0.4, -0.2) is 9.97 Å². The lowest BCUT2D eigenvalue weighted by atomic mass is 10.4. The molecule has 1 N–H and O–H groups in total. The van der Waals surface area contributed by atoms with Crippen LogP contribution in [0.4, 0.5) is 5.13 Å². The van der Waals surface area contributed by atoms with Crippen molar-refractivity contribution >= 4 is 27.8 Å². The Morgan fingerprint density at radius 1 is 1.06 bits per heavy atom. The number of thiazole rings is 2. The maximum atomic E-state index is 4.33. The third-order valence-corrected chi connectivity index (χ3v) is 4.46. The van der Waals surface area contributed by atoms with Crippen molar-refractivity contribution < 1.29 is 0 Å². The third-order valence-electron chi connectivity index (χ3n) is 2.22. The highest BCUT2D eigenvalue weighted by atomic mass is 32.1. The Kier molecular flexibility index (Phi) is 3.90. The molecule has 0 fully saturated rings. The van der Waals surface area contributed by atoms with Gasteiger partial charge in [-0.1, -0.05) is 13.8 Å². The SMILES string of the molecule is CCc1cnc(NCc2cnc(CC)s2)s1. The van der Waals surface area contributed by atoms with Crippen LogP contribution in [0.1, 0.15) is 28.6 Å². The molecule has 0 radical (unpaired) electrons. The molecule has 0 saturated heterocycles. The minimum Gasteiger partial charge on any atom is -0.357 e. The Morgan fingerprint density at radius 3 is 2.50 bits per heavy atom. The van der Waals surface area contributed by atoms with E-state index in [2.05, 4.69) is 29.1 Å². The van der Waals surface area contributed by atoms with Crippen LogP contribution < -0.4 is 5.32 Å². The van der Waals surface area contributed by atoms with Gasteiger partial charge in [-0.2, -0.15) is 0 Å². The molecule has 0 aromatic carbocycles. The van der Waals surface area contributed by atoms with Gasteiger partial charge in [-0.05, 0) is 12.8 Å². The molecule has 0 amide bonds. The van der Waals surface area contributed by atoms with E-state index in [-0.39, 0.29) is 0 Å². The minimum atomic E-state index is 0.828. The molecule has 0 aliphatic rings. The standard InChI is InChI=1S/C11H15N3S2/c1-3-8-5-13-11(16-8)14-7-9-6-12-10(4-2)15-9/h5-6H,3-4,7H2,1-2H3,(H,13,14). The van der Waals surface area contributed by atoms with Gasteiger partial charge in [-0.25, -0.2) is 9.97 Å². The van der Waals surface area contributed by atoms with E-state index in [0.29, 0.717) is 0 Å².